The Kier molecular flexibility index (Phi) is 7.59. The topological polar surface area (TPSA) is 36.1 Å². The standard InChI is InChI=1S/C9H20N5.BrH/c1-10-6-14(7-11-2)9-13-5-4-12(3)8-13;/h4-5,8,10-11H,6-7,9H2,1-3H3;1H/q+1;/p-1. The third-order valence-corrected chi connectivity index (χ3v) is 1.95. The van der Waals surface area contributed by atoms with Crippen LogP contribution < -0.4 is 32.2 Å². The quantitative estimate of drug-likeness (QED) is 0.410. The predicted octanol–water partition coefficient (Wildman–Crippen LogP) is -4.07. The Labute approximate surface area is 102 Å². The molecular weight excluding hydrogens is 258 g/mol. The van der Waals surface area contributed by atoms with E-state index in [9.17, 15) is 0 Å². The number of halogens is 1. The van der Waals surface area contributed by atoms with Crippen LogP contribution in [0.5, 0.6) is 0 Å². The fourth-order valence-corrected chi connectivity index (χ4v) is 1.42. The molecule has 0 aliphatic rings. The zero-order valence-corrected chi connectivity index (χ0v) is 11.2. The van der Waals surface area contributed by atoms with Crippen LogP contribution in [0.15, 0.2) is 18.7 Å². The third kappa shape index (κ3) is 5.27. The molecule has 0 aliphatic heterocycles. The zero-order valence-electron chi connectivity index (χ0n) is 9.57. The summed E-state index contributed by atoms with van der Waals surface area (Å²) in [6.07, 6.45) is 6.17. The Hall–Kier alpha value is -0.430. The Morgan fingerprint density at radius 2 is 1.87 bits per heavy atom. The van der Waals surface area contributed by atoms with Gasteiger partial charge in [-0.1, -0.05) is 0 Å². The molecule has 0 atom stereocenters. The highest BCUT2D eigenvalue weighted by Gasteiger charge is 2.06. The van der Waals surface area contributed by atoms with Crippen molar-refractivity contribution in [3.8, 4) is 0 Å². The van der Waals surface area contributed by atoms with E-state index in [1.54, 1.807) is 0 Å². The van der Waals surface area contributed by atoms with E-state index in [0.717, 1.165) is 20.0 Å². The second-order valence-corrected chi connectivity index (χ2v) is 3.43. The highest BCUT2D eigenvalue weighted by atomic mass is 79.9. The lowest BCUT2D eigenvalue weighted by atomic mass is 10.7. The van der Waals surface area contributed by atoms with E-state index in [1.807, 2.05) is 31.9 Å². The first kappa shape index (κ1) is 14.6. The van der Waals surface area contributed by atoms with Crippen LogP contribution in [0, 0.1) is 0 Å². The van der Waals surface area contributed by atoms with Crippen LogP contribution in [0.2, 0.25) is 0 Å². The second-order valence-electron chi connectivity index (χ2n) is 3.43. The molecule has 1 heterocycles. The molecule has 6 heteroatoms. The first-order valence-electron chi connectivity index (χ1n) is 4.79. The zero-order chi connectivity index (χ0) is 10.4. The average Bonchev–Trinajstić information content (AvgIpc) is 2.52. The first-order valence-corrected chi connectivity index (χ1v) is 4.79. The lowest BCUT2D eigenvalue weighted by Crippen LogP contribution is -3.00. The summed E-state index contributed by atoms with van der Waals surface area (Å²) in [7, 11) is 5.94. The van der Waals surface area contributed by atoms with Gasteiger partial charge in [-0.25, -0.2) is 14.0 Å². The van der Waals surface area contributed by atoms with E-state index < -0.39 is 0 Å². The van der Waals surface area contributed by atoms with Gasteiger partial charge in [-0.15, -0.1) is 0 Å². The molecule has 0 unspecified atom stereocenters. The maximum Gasteiger partial charge on any atom is 0.244 e. The van der Waals surface area contributed by atoms with Crippen LogP contribution in [0.1, 0.15) is 0 Å². The summed E-state index contributed by atoms with van der Waals surface area (Å²) in [6, 6.07) is 0. The Morgan fingerprint density at radius 1 is 1.27 bits per heavy atom. The highest BCUT2D eigenvalue weighted by molar-refractivity contribution is 4.66. The minimum Gasteiger partial charge on any atom is -1.00 e. The van der Waals surface area contributed by atoms with Crippen molar-refractivity contribution in [3.05, 3.63) is 18.7 Å². The van der Waals surface area contributed by atoms with Gasteiger partial charge in [0.25, 0.3) is 0 Å². The SMILES string of the molecule is CNCN(CNC)Cn1cc[n+](C)c1.[Br-]. The molecule has 0 saturated carbocycles. The number of imidazole rings is 1. The number of nitrogens with one attached hydrogen (secondary N) is 2. The van der Waals surface area contributed by atoms with E-state index in [4.69, 9.17) is 0 Å². The van der Waals surface area contributed by atoms with Gasteiger partial charge in [0.15, 0.2) is 0 Å². The number of aromatic nitrogens is 2. The summed E-state index contributed by atoms with van der Waals surface area (Å²) in [6.45, 7) is 2.65. The van der Waals surface area contributed by atoms with Gasteiger partial charge in [0.2, 0.25) is 6.33 Å². The van der Waals surface area contributed by atoms with Crippen LogP contribution in [-0.2, 0) is 13.7 Å². The summed E-state index contributed by atoms with van der Waals surface area (Å²) in [5.74, 6) is 0. The van der Waals surface area contributed by atoms with Crippen LogP contribution >= 0.6 is 0 Å². The van der Waals surface area contributed by atoms with Crippen molar-refractivity contribution in [1.29, 1.82) is 0 Å². The average molecular weight is 278 g/mol. The fraction of sp³-hybridized carbons (Fsp3) is 0.667. The van der Waals surface area contributed by atoms with Gasteiger partial charge in [0.05, 0.1) is 20.4 Å². The molecule has 5 nitrogen and oxygen atoms in total. The van der Waals surface area contributed by atoms with Crippen molar-refractivity contribution >= 4 is 0 Å². The van der Waals surface area contributed by atoms with Crippen molar-refractivity contribution in [1.82, 2.24) is 20.1 Å². The second kappa shape index (κ2) is 7.81. The number of hydrogen-bond donors (Lipinski definition) is 2. The van der Waals surface area contributed by atoms with Gasteiger partial charge in [0, 0.05) is 0 Å². The Morgan fingerprint density at radius 3 is 2.27 bits per heavy atom. The molecule has 0 bridgehead atoms. The van der Waals surface area contributed by atoms with Gasteiger partial charge in [-0.3, -0.25) is 0 Å². The van der Waals surface area contributed by atoms with Crippen LogP contribution in [0.25, 0.3) is 0 Å². The van der Waals surface area contributed by atoms with E-state index in [-0.39, 0.29) is 17.0 Å². The van der Waals surface area contributed by atoms with Gasteiger partial charge in [0.1, 0.15) is 19.1 Å². The van der Waals surface area contributed by atoms with E-state index in [1.165, 1.54) is 0 Å². The molecule has 88 valence electrons. The van der Waals surface area contributed by atoms with Crippen molar-refractivity contribution in [2.24, 2.45) is 7.05 Å². The Balaban J connectivity index is 0.00000196. The van der Waals surface area contributed by atoms with Crippen molar-refractivity contribution < 1.29 is 21.5 Å². The van der Waals surface area contributed by atoms with Crippen molar-refractivity contribution in [3.63, 3.8) is 0 Å². The Bertz CT molecular complexity index is 257. The maximum atomic E-state index is 3.15. The highest BCUT2D eigenvalue weighted by Crippen LogP contribution is 1.90. The molecule has 0 aromatic carbocycles. The molecule has 0 spiro atoms. The molecule has 0 fully saturated rings. The smallest absolute Gasteiger partial charge is 0.244 e. The lowest BCUT2D eigenvalue weighted by molar-refractivity contribution is -0.671. The van der Waals surface area contributed by atoms with Crippen molar-refractivity contribution in [2.45, 2.75) is 6.67 Å². The molecule has 15 heavy (non-hydrogen) atoms. The molecule has 0 amide bonds. The number of nitrogens with zero attached hydrogens (tertiary/aromatic N) is 3. The minimum absolute atomic E-state index is 0. The summed E-state index contributed by atoms with van der Waals surface area (Å²) in [5, 5.41) is 6.29. The summed E-state index contributed by atoms with van der Waals surface area (Å²) >= 11 is 0. The molecule has 2 N–H and O–H groups in total. The van der Waals surface area contributed by atoms with Gasteiger partial charge in [-0.05, 0) is 14.1 Å². The molecular formula is C9H20BrN5. The monoisotopic (exact) mass is 277 g/mol. The first-order chi connectivity index (χ1) is 6.76. The summed E-state index contributed by atoms with van der Waals surface area (Å²) in [5.41, 5.74) is 0. The lowest BCUT2D eigenvalue weighted by Gasteiger charge is -2.18. The van der Waals surface area contributed by atoms with E-state index in [2.05, 4.69) is 32.6 Å². The molecule has 0 saturated heterocycles. The van der Waals surface area contributed by atoms with E-state index >= 15 is 0 Å². The number of aryl methyl sites for hydroxylation is 1. The van der Waals surface area contributed by atoms with Gasteiger partial charge < -0.3 is 27.6 Å². The molecule has 1 aromatic heterocycles. The van der Waals surface area contributed by atoms with Crippen molar-refractivity contribution in [2.75, 3.05) is 27.4 Å². The van der Waals surface area contributed by atoms with Gasteiger partial charge in [-0.2, -0.15) is 0 Å². The maximum absolute atomic E-state index is 3.15. The molecule has 0 aliphatic carbocycles. The van der Waals surface area contributed by atoms with Crippen LogP contribution in [0.4, 0.5) is 0 Å². The molecule has 1 rings (SSSR count). The van der Waals surface area contributed by atoms with E-state index in [0.29, 0.717) is 0 Å². The number of hydrogen-bond acceptors (Lipinski definition) is 3. The third-order valence-electron chi connectivity index (χ3n) is 1.95. The minimum atomic E-state index is 0. The molecule has 1 aromatic rings. The van der Waals surface area contributed by atoms with Crippen LogP contribution in [0.3, 0.4) is 0 Å². The largest absolute Gasteiger partial charge is 1.00 e. The summed E-state index contributed by atoms with van der Waals surface area (Å²) < 4.78 is 4.19. The fourth-order valence-electron chi connectivity index (χ4n) is 1.42. The van der Waals surface area contributed by atoms with Gasteiger partial charge >= 0.3 is 0 Å². The van der Waals surface area contributed by atoms with Crippen LogP contribution in [-0.4, -0.2) is 36.9 Å². The normalized spacial score (nSPS) is 10.4. The molecule has 0 radical (unpaired) electrons. The summed E-state index contributed by atoms with van der Waals surface area (Å²) in [4.78, 5) is 2.26. The number of rotatable bonds is 6. The predicted molar refractivity (Wildman–Crippen MR) is 55.3 cm³/mol.